The second-order valence-electron chi connectivity index (χ2n) is 6.52. The fourth-order valence-electron chi connectivity index (χ4n) is 3.06. The third-order valence-electron chi connectivity index (χ3n) is 4.59. The molecule has 0 amide bonds. The molecule has 0 saturated carbocycles. The molecule has 0 bridgehead atoms. The van der Waals surface area contributed by atoms with Crippen molar-refractivity contribution in [3.05, 3.63) is 95.7 Å². The first kappa shape index (κ1) is 18.6. The van der Waals surface area contributed by atoms with Gasteiger partial charge in [-0.25, -0.2) is 8.42 Å². The summed E-state index contributed by atoms with van der Waals surface area (Å²) in [7, 11) is -3.68. The van der Waals surface area contributed by atoms with E-state index in [0.717, 1.165) is 0 Å². The van der Waals surface area contributed by atoms with E-state index in [4.69, 9.17) is 5.73 Å². The highest BCUT2D eigenvalue weighted by Crippen LogP contribution is 2.26. The van der Waals surface area contributed by atoms with Crippen LogP contribution in [0.1, 0.15) is 20.7 Å². The number of ketones is 2. The van der Waals surface area contributed by atoms with Crippen molar-refractivity contribution in [1.82, 2.24) is 0 Å². The standard InChI is InChI=1S/C22H16N2O4S/c23-14-5-9-16(10-6-14)29(27,28)17-11-7-15(8-12-17)24-20-13-21(25)18-3-1-2-4-19(18)22(20)26/h1-13,24H,23H2. The van der Waals surface area contributed by atoms with Crippen LogP contribution in [0.5, 0.6) is 0 Å². The summed E-state index contributed by atoms with van der Waals surface area (Å²) in [5.74, 6) is -0.552. The first-order valence-corrected chi connectivity index (χ1v) is 10.2. The molecular formula is C22H16N2O4S. The van der Waals surface area contributed by atoms with Crippen LogP contribution < -0.4 is 11.1 Å². The quantitative estimate of drug-likeness (QED) is 0.645. The third kappa shape index (κ3) is 3.43. The predicted molar refractivity (Wildman–Crippen MR) is 110 cm³/mol. The summed E-state index contributed by atoms with van der Waals surface area (Å²) >= 11 is 0. The van der Waals surface area contributed by atoms with Gasteiger partial charge < -0.3 is 11.1 Å². The van der Waals surface area contributed by atoms with Crippen LogP contribution in [0.15, 0.2) is 94.4 Å². The molecule has 6 nitrogen and oxygen atoms in total. The van der Waals surface area contributed by atoms with Crippen LogP contribution in [-0.2, 0) is 9.84 Å². The molecule has 3 aromatic carbocycles. The van der Waals surface area contributed by atoms with Crippen molar-refractivity contribution in [1.29, 1.82) is 0 Å². The Balaban J connectivity index is 1.59. The lowest BCUT2D eigenvalue weighted by molar-refractivity contribution is 0.0985. The van der Waals surface area contributed by atoms with Crippen LogP contribution in [0.4, 0.5) is 11.4 Å². The van der Waals surface area contributed by atoms with Gasteiger partial charge in [-0.2, -0.15) is 0 Å². The molecule has 3 aromatic rings. The van der Waals surface area contributed by atoms with E-state index in [2.05, 4.69) is 5.32 Å². The van der Waals surface area contributed by atoms with Gasteiger partial charge in [-0.1, -0.05) is 24.3 Å². The molecule has 0 aromatic heterocycles. The summed E-state index contributed by atoms with van der Waals surface area (Å²) < 4.78 is 25.4. The predicted octanol–water partition coefficient (Wildman–Crippen LogP) is 3.48. The Morgan fingerprint density at radius 3 is 1.90 bits per heavy atom. The molecular weight excluding hydrogens is 388 g/mol. The van der Waals surface area contributed by atoms with E-state index in [1.165, 1.54) is 42.5 Å². The maximum atomic E-state index is 12.7. The van der Waals surface area contributed by atoms with Crippen molar-refractivity contribution >= 4 is 32.8 Å². The number of carbonyl (C=O) groups is 2. The minimum atomic E-state index is -3.68. The number of fused-ring (bicyclic) bond motifs is 1. The number of allylic oxidation sites excluding steroid dienone is 2. The molecule has 0 atom stereocenters. The van der Waals surface area contributed by atoms with Crippen LogP contribution in [0.2, 0.25) is 0 Å². The molecule has 0 spiro atoms. The minimum absolute atomic E-state index is 0.109. The zero-order chi connectivity index (χ0) is 20.6. The van der Waals surface area contributed by atoms with E-state index in [0.29, 0.717) is 22.5 Å². The molecule has 144 valence electrons. The monoisotopic (exact) mass is 404 g/mol. The number of nitrogens with two attached hydrogens (primary N) is 1. The third-order valence-corrected chi connectivity index (χ3v) is 6.38. The van der Waals surface area contributed by atoms with Gasteiger partial charge in [0.25, 0.3) is 0 Å². The fourth-order valence-corrected chi connectivity index (χ4v) is 4.33. The Bertz CT molecular complexity index is 1260. The molecule has 3 N–H and O–H groups in total. The number of hydrogen-bond acceptors (Lipinski definition) is 6. The summed E-state index contributed by atoms with van der Waals surface area (Å²) in [5, 5.41) is 2.91. The molecule has 29 heavy (non-hydrogen) atoms. The molecule has 1 aliphatic carbocycles. The lowest BCUT2D eigenvalue weighted by atomic mass is 9.92. The minimum Gasteiger partial charge on any atom is -0.399 e. The van der Waals surface area contributed by atoms with Crippen LogP contribution in [-0.4, -0.2) is 20.0 Å². The van der Waals surface area contributed by atoms with Crippen molar-refractivity contribution < 1.29 is 18.0 Å². The summed E-state index contributed by atoms with van der Waals surface area (Å²) in [6.45, 7) is 0. The highest BCUT2D eigenvalue weighted by Gasteiger charge is 2.25. The highest BCUT2D eigenvalue weighted by molar-refractivity contribution is 7.91. The fraction of sp³-hybridized carbons (Fsp3) is 0. The maximum Gasteiger partial charge on any atom is 0.210 e. The zero-order valence-electron chi connectivity index (χ0n) is 15.1. The number of nitrogens with one attached hydrogen (secondary N) is 1. The number of sulfone groups is 1. The Morgan fingerprint density at radius 2 is 1.28 bits per heavy atom. The van der Waals surface area contributed by atoms with Gasteiger partial charge in [0.2, 0.25) is 15.6 Å². The van der Waals surface area contributed by atoms with Crippen LogP contribution in [0.25, 0.3) is 0 Å². The van der Waals surface area contributed by atoms with Gasteiger partial charge in [0.05, 0.1) is 15.5 Å². The molecule has 1 aliphatic rings. The molecule has 0 fully saturated rings. The molecule has 4 rings (SSSR count). The average molecular weight is 404 g/mol. The van der Waals surface area contributed by atoms with Crippen LogP contribution in [0, 0.1) is 0 Å². The number of benzene rings is 3. The normalized spacial score (nSPS) is 13.6. The Hall–Kier alpha value is -3.71. The molecule has 0 heterocycles. The van der Waals surface area contributed by atoms with E-state index in [-0.39, 0.29) is 27.1 Å². The lowest BCUT2D eigenvalue weighted by Gasteiger charge is -2.16. The van der Waals surface area contributed by atoms with Gasteiger partial charge in [-0.15, -0.1) is 0 Å². The first-order chi connectivity index (χ1) is 13.9. The van der Waals surface area contributed by atoms with Gasteiger partial charge in [0.15, 0.2) is 5.78 Å². The smallest absolute Gasteiger partial charge is 0.210 e. The van der Waals surface area contributed by atoms with E-state index in [1.54, 1.807) is 36.4 Å². The van der Waals surface area contributed by atoms with Crippen molar-refractivity contribution in [2.75, 3.05) is 11.1 Å². The number of carbonyl (C=O) groups excluding carboxylic acids is 2. The van der Waals surface area contributed by atoms with Gasteiger partial charge in [0.1, 0.15) is 0 Å². The summed E-state index contributed by atoms with van der Waals surface area (Å²) in [6.07, 6.45) is 1.25. The van der Waals surface area contributed by atoms with Crippen molar-refractivity contribution in [2.45, 2.75) is 9.79 Å². The van der Waals surface area contributed by atoms with Gasteiger partial charge in [0, 0.05) is 28.6 Å². The summed E-state index contributed by atoms with van der Waals surface area (Å²) in [6, 6.07) is 18.5. The van der Waals surface area contributed by atoms with Gasteiger partial charge in [-0.05, 0) is 48.5 Å². The van der Waals surface area contributed by atoms with E-state index in [1.807, 2.05) is 0 Å². The Kier molecular flexibility index (Phi) is 4.52. The number of rotatable bonds is 4. The lowest BCUT2D eigenvalue weighted by Crippen LogP contribution is -2.21. The zero-order valence-corrected chi connectivity index (χ0v) is 15.9. The van der Waals surface area contributed by atoms with Crippen molar-refractivity contribution in [3.63, 3.8) is 0 Å². The number of hydrogen-bond donors (Lipinski definition) is 2. The van der Waals surface area contributed by atoms with E-state index in [9.17, 15) is 18.0 Å². The number of anilines is 2. The molecule has 0 radical (unpaired) electrons. The number of nitrogen functional groups attached to an aromatic ring is 1. The molecule has 7 heteroatoms. The molecule has 0 unspecified atom stereocenters. The second kappa shape index (κ2) is 7.03. The molecule has 0 saturated heterocycles. The van der Waals surface area contributed by atoms with Crippen molar-refractivity contribution in [3.8, 4) is 0 Å². The summed E-state index contributed by atoms with van der Waals surface area (Å²) in [5.41, 5.74) is 7.43. The van der Waals surface area contributed by atoms with Crippen LogP contribution in [0.3, 0.4) is 0 Å². The summed E-state index contributed by atoms with van der Waals surface area (Å²) in [4.78, 5) is 25.1. The van der Waals surface area contributed by atoms with Gasteiger partial charge in [-0.3, -0.25) is 9.59 Å². The van der Waals surface area contributed by atoms with Crippen molar-refractivity contribution in [2.24, 2.45) is 0 Å². The maximum absolute atomic E-state index is 12.7. The van der Waals surface area contributed by atoms with Crippen LogP contribution >= 0.6 is 0 Å². The van der Waals surface area contributed by atoms with Gasteiger partial charge >= 0.3 is 0 Å². The topological polar surface area (TPSA) is 106 Å². The molecule has 0 aliphatic heterocycles. The largest absolute Gasteiger partial charge is 0.399 e. The van der Waals surface area contributed by atoms with E-state index < -0.39 is 9.84 Å². The Labute approximate surface area is 167 Å². The van der Waals surface area contributed by atoms with E-state index >= 15 is 0 Å². The first-order valence-electron chi connectivity index (χ1n) is 8.74. The second-order valence-corrected chi connectivity index (χ2v) is 8.47. The Morgan fingerprint density at radius 1 is 0.724 bits per heavy atom. The highest BCUT2D eigenvalue weighted by atomic mass is 32.2. The SMILES string of the molecule is Nc1ccc(S(=O)(=O)c2ccc(NC3=CC(=O)c4ccccc4C3=O)cc2)cc1. The average Bonchev–Trinajstić information content (AvgIpc) is 2.72. The number of Topliss-reactive ketones (excluding diaryl/α,β-unsaturated/α-hetero) is 1.